The molecule has 1 aliphatic heterocycles. The van der Waals surface area contributed by atoms with Crippen molar-refractivity contribution in [2.45, 2.75) is 55.9 Å². The number of ketones is 1. The number of esters is 1. The molecule has 1 saturated heterocycles. The summed E-state index contributed by atoms with van der Waals surface area (Å²) in [6, 6.07) is 1.84. The van der Waals surface area contributed by atoms with Crippen LogP contribution in [0.5, 0.6) is 17.2 Å². The minimum Gasteiger partial charge on any atom is -0.493 e. The van der Waals surface area contributed by atoms with E-state index in [4.69, 9.17) is 23.7 Å². The van der Waals surface area contributed by atoms with E-state index in [1.807, 2.05) is 6.07 Å². The Labute approximate surface area is 196 Å². The highest BCUT2D eigenvalue weighted by Gasteiger charge is 2.48. The van der Waals surface area contributed by atoms with Gasteiger partial charge in [0.1, 0.15) is 31.0 Å². The van der Waals surface area contributed by atoms with Crippen LogP contribution in [0.1, 0.15) is 24.5 Å². The third-order valence-electron chi connectivity index (χ3n) is 6.42. The number of ether oxygens (including phenoxy) is 5. The van der Waals surface area contributed by atoms with Gasteiger partial charge in [-0.2, -0.15) is 0 Å². The Kier molecular flexibility index (Phi) is 6.68. The van der Waals surface area contributed by atoms with Gasteiger partial charge in [-0.1, -0.05) is 12.2 Å². The molecule has 3 N–H and O–H groups in total. The van der Waals surface area contributed by atoms with Crippen LogP contribution in [0.4, 0.5) is 0 Å². The van der Waals surface area contributed by atoms with Gasteiger partial charge in [-0.15, -0.1) is 0 Å². The molecule has 0 radical (unpaired) electrons. The van der Waals surface area contributed by atoms with Gasteiger partial charge >= 0.3 is 5.97 Å². The van der Waals surface area contributed by atoms with Crippen molar-refractivity contribution >= 4 is 11.8 Å². The fraction of sp³-hybridized carbons (Fsp3) is 0.500. The molecule has 10 nitrogen and oxygen atoms in total. The summed E-state index contributed by atoms with van der Waals surface area (Å²) in [6.07, 6.45) is 0.621. The number of aryl methyl sites for hydroxylation is 1. The van der Waals surface area contributed by atoms with Crippen LogP contribution in [0, 0.1) is 0 Å². The average molecular weight is 476 g/mol. The predicted octanol–water partition coefficient (Wildman–Crippen LogP) is 0.332. The highest BCUT2D eigenvalue weighted by atomic mass is 16.7. The van der Waals surface area contributed by atoms with Crippen LogP contribution < -0.4 is 14.2 Å². The number of carbonyl (C=O) groups excluding carboxylic acids is 2. The minimum atomic E-state index is -1.62. The highest BCUT2D eigenvalue weighted by molar-refractivity contribution is 6.01. The molecule has 184 valence electrons. The zero-order chi connectivity index (χ0) is 24.6. The van der Waals surface area contributed by atoms with E-state index >= 15 is 0 Å². The molecule has 1 aromatic carbocycles. The summed E-state index contributed by atoms with van der Waals surface area (Å²) in [5.41, 5.74) is 0.976. The summed E-state index contributed by atoms with van der Waals surface area (Å²) in [6.45, 7) is 0.860. The van der Waals surface area contributed by atoms with E-state index in [9.17, 15) is 24.9 Å². The maximum Gasteiger partial charge on any atom is 0.302 e. The summed E-state index contributed by atoms with van der Waals surface area (Å²) < 4.78 is 27.9. The summed E-state index contributed by atoms with van der Waals surface area (Å²) in [7, 11) is 2.92. The number of carbonyl (C=O) groups is 2. The Morgan fingerprint density at radius 1 is 1.09 bits per heavy atom. The average Bonchev–Trinajstić information content (AvgIpc) is 3.17. The highest BCUT2D eigenvalue weighted by Crippen LogP contribution is 2.54. The van der Waals surface area contributed by atoms with Crippen molar-refractivity contribution < 1.29 is 48.6 Å². The second-order valence-electron chi connectivity index (χ2n) is 8.52. The Morgan fingerprint density at radius 2 is 1.79 bits per heavy atom. The molecule has 0 unspecified atom stereocenters. The first-order valence-electron chi connectivity index (χ1n) is 10.9. The molecular weight excluding hydrogens is 448 g/mol. The topological polar surface area (TPSA) is 141 Å². The van der Waals surface area contributed by atoms with Gasteiger partial charge in [0.25, 0.3) is 0 Å². The van der Waals surface area contributed by atoms with Crippen molar-refractivity contribution in [1.82, 2.24) is 0 Å². The lowest BCUT2D eigenvalue weighted by molar-refractivity contribution is -0.278. The zero-order valence-electron chi connectivity index (χ0n) is 19.1. The smallest absolute Gasteiger partial charge is 0.302 e. The predicted molar refractivity (Wildman–Crippen MR) is 117 cm³/mol. The molecule has 1 fully saturated rings. The van der Waals surface area contributed by atoms with Crippen molar-refractivity contribution in [3.63, 3.8) is 0 Å². The van der Waals surface area contributed by atoms with E-state index < -0.39 is 42.1 Å². The van der Waals surface area contributed by atoms with E-state index in [1.165, 1.54) is 33.3 Å². The Balaban J connectivity index is 1.76. The number of fused-ring (bicyclic) bond motifs is 2. The van der Waals surface area contributed by atoms with Crippen molar-refractivity contribution in [2.75, 3.05) is 20.8 Å². The number of allylic oxidation sites excluding steroid dienone is 4. The van der Waals surface area contributed by atoms with Crippen LogP contribution in [0.2, 0.25) is 0 Å². The monoisotopic (exact) mass is 476 g/mol. The second-order valence-corrected chi connectivity index (χ2v) is 8.52. The van der Waals surface area contributed by atoms with Crippen molar-refractivity contribution in [1.29, 1.82) is 0 Å². The van der Waals surface area contributed by atoms with Gasteiger partial charge in [-0.25, -0.2) is 0 Å². The molecule has 0 saturated carbocycles. The summed E-state index contributed by atoms with van der Waals surface area (Å²) >= 11 is 0. The SMILES string of the molecule is COc1cc2c(c(O[C@@H]3O[C@@H](COC(C)=O)[C@@H](O)[C@H](O)[C@H]3O)c1OC)C1(C=CC(=O)C=C1)CC2. The largest absolute Gasteiger partial charge is 0.493 e. The summed E-state index contributed by atoms with van der Waals surface area (Å²) in [4.78, 5) is 23.0. The maximum absolute atomic E-state index is 11.8. The summed E-state index contributed by atoms with van der Waals surface area (Å²) in [5.74, 6) is 0.147. The fourth-order valence-corrected chi connectivity index (χ4v) is 4.67. The van der Waals surface area contributed by atoms with Gasteiger partial charge in [-0.3, -0.25) is 9.59 Å². The second kappa shape index (κ2) is 9.38. The van der Waals surface area contributed by atoms with Gasteiger partial charge < -0.3 is 39.0 Å². The Bertz CT molecular complexity index is 1010. The molecule has 3 aliphatic rings. The van der Waals surface area contributed by atoms with Crippen molar-refractivity contribution in [3.8, 4) is 17.2 Å². The molecule has 10 heteroatoms. The molecule has 1 aromatic rings. The van der Waals surface area contributed by atoms with Crippen LogP contribution in [-0.2, 0) is 30.9 Å². The van der Waals surface area contributed by atoms with Gasteiger partial charge in [0.15, 0.2) is 17.3 Å². The van der Waals surface area contributed by atoms with Crippen molar-refractivity contribution in [3.05, 3.63) is 41.5 Å². The van der Waals surface area contributed by atoms with E-state index in [2.05, 4.69) is 0 Å². The van der Waals surface area contributed by atoms with Gasteiger partial charge in [0.05, 0.1) is 14.2 Å². The molecule has 34 heavy (non-hydrogen) atoms. The van der Waals surface area contributed by atoms with Gasteiger partial charge in [0.2, 0.25) is 12.0 Å². The van der Waals surface area contributed by atoms with Crippen LogP contribution >= 0.6 is 0 Å². The number of aliphatic hydroxyl groups is 3. The minimum absolute atomic E-state index is 0.126. The van der Waals surface area contributed by atoms with E-state index in [0.29, 0.717) is 18.6 Å². The van der Waals surface area contributed by atoms with E-state index in [0.717, 1.165) is 11.1 Å². The number of rotatable bonds is 6. The summed E-state index contributed by atoms with van der Waals surface area (Å²) in [5, 5.41) is 31.3. The number of hydrogen-bond acceptors (Lipinski definition) is 10. The maximum atomic E-state index is 11.8. The lowest BCUT2D eigenvalue weighted by Crippen LogP contribution is -2.60. The number of hydrogen-bond donors (Lipinski definition) is 3. The molecule has 4 rings (SSSR count). The van der Waals surface area contributed by atoms with Crippen LogP contribution in [0.15, 0.2) is 30.4 Å². The Morgan fingerprint density at radius 3 is 2.41 bits per heavy atom. The molecule has 5 atom stereocenters. The van der Waals surface area contributed by atoms with E-state index in [1.54, 1.807) is 12.2 Å². The van der Waals surface area contributed by atoms with Gasteiger partial charge in [-0.05, 0) is 36.6 Å². The molecule has 0 amide bonds. The lowest BCUT2D eigenvalue weighted by Gasteiger charge is -2.40. The molecule has 0 aromatic heterocycles. The van der Waals surface area contributed by atoms with Crippen LogP contribution in [0.3, 0.4) is 0 Å². The number of aliphatic hydroxyl groups excluding tert-OH is 3. The molecule has 2 aliphatic carbocycles. The normalized spacial score (nSPS) is 29.1. The Hall–Kier alpha value is -2.92. The quantitative estimate of drug-likeness (QED) is 0.492. The lowest BCUT2D eigenvalue weighted by atomic mass is 9.78. The number of benzene rings is 1. The van der Waals surface area contributed by atoms with Crippen molar-refractivity contribution in [2.24, 2.45) is 0 Å². The first-order chi connectivity index (χ1) is 16.2. The third kappa shape index (κ3) is 4.18. The molecular formula is C24H28O10. The van der Waals surface area contributed by atoms with E-state index in [-0.39, 0.29) is 23.9 Å². The molecule has 1 heterocycles. The first-order valence-corrected chi connectivity index (χ1v) is 10.9. The third-order valence-corrected chi connectivity index (χ3v) is 6.42. The standard InChI is InChI=1S/C24H28O10/c1-12(25)32-11-16-18(27)19(28)20(29)23(33-16)34-22-17-13(10-15(30-2)21(22)31-3)4-7-24(17)8-5-14(26)6-9-24/h5-6,8-10,16,18-20,23,27-29H,4,7,11H2,1-3H3/t16-,18+,19-,20+,23-/m0/s1. The van der Waals surface area contributed by atoms with Crippen LogP contribution in [0.25, 0.3) is 0 Å². The number of methoxy groups -OCH3 is 2. The first kappa shape index (κ1) is 24.2. The zero-order valence-corrected chi connectivity index (χ0v) is 19.1. The molecule has 1 spiro atoms. The molecule has 0 bridgehead atoms. The van der Waals surface area contributed by atoms with Gasteiger partial charge in [0, 0.05) is 17.9 Å². The van der Waals surface area contributed by atoms with Crippen LogP contribution in [-0.4, -0.2) is 78.6 Å². The fourth-order valence-electron chi connectivity index (χ4n) is 4.67.